The van der Waals surface area contributed by atoms with Crippen LogP contribution in [0.15, 0.2) is 97.8 Å². The van der Waals surface area contributed by atoms with Crippen molar-refractivity contribution in [1.82, 2.24) is 40.1 Å². The van der Waals surface area contributed by atoms with Gasteiger partial charge in [0.25, 0.3) is 5.91 Å². The average molecular weight is 510 g/mol. The van der Waals surface area contributed by atoms with Gasteiger partial charge < -0.3 is 10.3 Å². The normalized spacial score (nSPS) is 11.2. The molecule has 0 saturated carbocycles. The molecule has 186 valence electrons. The van der Waals surface area contributed by atoms with Crippen LogP contribution >= 0.6 is 0 Å². The number of amides is 1. The lowest BCUT2D eigenvalue weighted by Crippen LogP contribution is -2.11. The minimum Gasteiger partial charge on any atom is -0.321 e. The van der Waals surface area contributed by atoms with Gasteiger partial charge in [-0.2, -0.15) is 5.10 Å². The van der Waals surface area contributed by atoms with Gasteiger partial charge in [-0.25, -0.2) is 9.97 Å². The van der Waals surface area contributed by atoms with Crippen molar-refractivity contribution in [2.24, 2.45) is 0 Å². The Morgan fingerprint density at radius 2 is 1.72 bits per heavy atom. The highest BCUT2D eigenvalue weighted by Gasteiger charge is 2.17. The summed E-state index contributed by atoms with van der Waals surface area (Å²) in [7, 11) is 0. The summed E-state index contributed by atoms with van der Waals surface area (Å²) in [6, 6.07) is 18.6. The Bertz CT molecular complexity index is 1960. The summed E-state index contributed by atoms with van der Waals surface area (Å²) in [6.45, 7) is 0. The molecule has 3 N–H and O–H groups in total. The van der Waals surface area contributed by atoms with Gasteiger partial charge in [0.05, 0.1) is 29.3 Å². The predicted molar refractivity (Wildman–Crippen MR) is 148 cm³/mol. The lowest BCUT2D eigenvalue weighted by Gasteiger charge is -2.07. The molecule has 7 rings (SSSR count). The standard InChI is InChI=1S/C29H19N9O/c39-29(17-5-2-1-3-6-17)34-20-11-19(14-31-15-20)23-12-22-24(16-33-23)37-38-26(22)28-35-25-21(8-10-32-27(25)36-28)18-7-4-9-30-13-18/h1-16H,(H,34,39)(H,37,38)(H,32,35,36). The lowest BCUT2D eigenvalue weighted by atomic mass is 10.1. The topological polar surface area (TPSA) is 138 Å². The molecule has 1 aromatic carbocycles. The van der Waals surface area contributed by atoms with E-state index < -0.39 is 0 Å². The fraction of sp³-hybridized carbons (Fsp3) is 0. The van der Waals surface area contributed by atoms with Crippen molar-refractivity contribution in [2.45, 2.75) is 0 Å². The molecule has 0 bridgehead atoms. The first-order chi connectivity index (χ1) is 19.2. The number of hydrogen-bond donors (Lipinski definition) is 3. The van der Waals surface area contributed by atoms with Crippen LogP contribution in [0.3, 0.4) is 0 Å². The van der Waals surface area contributed by atoms with E-state index in [0.717, 1.165) is 33.1 Å². The van der Waals surface area contributed by atoms with E-state index in [1.54, 1.807) is 49.3 Å². The number of hydrogen-bond acceptors (Lipinski definition) is 7. The Balaban J connectivity index is 1.25. The number of nitrogens with zero attached hydrogens (tertiary/aromatic N) is 6. The van der Waals surface area contributed by atoms with Crippen molar-refractivity contribution in [3.63, 3.8) is 0 Å². The van der Waals surface area contributed by atoms with Crippen molar-refractivity contribution >= 4 is 33.7 Å². The molecule has 0 fully saturated rings. The molecule has 0 spiro atoms. The fourth-order valence-corrected chi connectivity index (χ4v) is 4.47. The van der Waals surface area contributed by atoms with E-state index in [0.29, 0.717) is 34.1 Å². The first-order valence-corrected chi connectivity index (χ1v) is 12.1. The van der Waals surface area contributed by atoms with Crippen LogP contribution in [0.4, 0.5) is 5.69 Å². The largest absolute Gasteiger partial charge is 0.321 e. The number of rotatable bonds is 5. The molecule has 6 heterocycles. The molecule has 0 unspecified atom stereocenters. The van der Waals surface area contributed by atoms with E-state index in [4.69, 9.17) is 4.98 Å². The number of imidazole rings is 1. The summed E-state index contributed by atoms with van der Waals surface area (Å²) in [5.41, 5.74) is 7.24. The molecule has 0 aliphatic heterocycles. The molecule has 6 aromatic heterocycles. The predicted octanol–water partition coefficient (Wildman–Crippen LogP) is 5.27. The molecule has 39 heavy (non-hydrogen) atoms. The number of nitrogens with one attached hydrogen (secondary N) is 3. The summed E-state index contributed by atoms with van der Waals surface area (Å²) in [5.74, 6) is 0.374. The summed E-state index contributed by atoms with van der Waals surface area (Å²) >= 11 is 0. The van der Waals surface area contributed by atoms with Crippen molar-refractivity contribution in [2.75, 3.05) is 5.32 Å². The maximum absolute atomic E-state index is 12.6. The van der Waals surface area contributed by atoms with Crippen LogP contribution in [0.1, 0.15) is 10.4 Å². The third kappa shape index (κ3) is 4.15. The van der Waals surface area contributed by atoms with Gasteiger partial charge in [-0.05, 0) is 36.4 Å². The first-order valence-electron chi connectivity index (χ1n) is 12.1. The molecular formula is C29H19N9O. The van der Waals surface area contributed by atoms with Gasteiger partial charge in [-0.15, -0.1) is 0 Å². The van der Waals surface area contributed by atoms with Crippen LogP contribution in [-0.4, -0.2) is 46.0 Å². The highest BCUT2D eigenvalue weighted by Crippen LogP contribution is 2.31. The van der Waals surface area contributed by atoms with Crippen molar-refractivity contribution in [3.05, 3.63) is 103 Å². The van der Waals surface area contributed by atoms with E-state index >= 15 is 0 Å². The van der Waals surface area contributed by atoms with Gasteiger partial charge in [0.1, 0.15) is 11.2 Å². The second kappa shape index (κ2) is 9.27. The van der Waals surface area contributed by atoms with Crippen molar-refractivity contribution < 1.29 is 4.79 Å². The summed E-state index contributed by atoms with van der Waals surface area (Å²) < 4.78 is 0. The van der Waals surface area contributed by atoms with Crippen LogP contribution in [0.2, 0.25) is 0 Å². The maximum atomic E-state index is 12.6. The molecule has 10 nitrogen and oxygen atoms in total. The van der Waals surface area contributed by atoms with E-state index in [2.05, 4.69) is 40.4 Å². The molecule has 0 saturated heterocycles. The average Bonchev–Trinajstić information content (AvgIpc) is 3.62. The second-order valence-corrected chi connectivity index (χ2v) is 8.85. The van der Waals surface area contributed by atoms with E-state index in [-0.39, 0.29) is 5.91 Å². The Morgan fingerprint density at radius 1 is 0.821 bits per heavy atom. The number of benzene rings is 1. The van der Waals surface area contributed by atoms with Crippen LogP contribution in [0, 0.1) is 0 Å². The monoisotopic (exact) mass is 509 g/mol. The molecule has 10 heteroatoms. The van der Waals surface area contributed by atoms with Crippen LogP contribution in [0.5, 0.6) is 0 Å². The first kappa shape index (κ1) is 22.4. The third-order valence-electron chi connectivity index (χ3n) is 6.36. The minimum absolute atomic E-state index is 0.209. The Kier molecular flexibility index (Phi) is 5.33. The molecule has 0 radical (unpaired) electrons. The van der Waals surface area contributed by atoms with Gasteiger partial charge in [-0.1, -0.05) is 24.3 Å². The summed E-state index contributed by atoms with van der Waals surface area (Å²) in [6.07, 6.45) is 10.3. The Hall–Kier alpha value is -5.77. The number of H-pyrrole nitrogens is 2. The van der Waals surface area contributed by atoms with Gasteiger partial charge >= 0.3 is 0 Å². The molecule has 0 aliphatic carbocycles. The van der Waals surface area contributed by atoms with Gasteiger partial charge in [0.2, 0.25) is 0 Å². The number of carbonyl (C=O) groups is 1. The molecular weight excluding hydrogens is 490 g/mol. The number of pyridine rings is 4. The zero-order valence-electron chi connectivity index (χ0n) is 20.3. The van der Waals surface area contributed by atoms with Crippen LogP contribution in [0.25, 0.3) is 56.0 Å². The molecule has 0 aliphatic rings. The quantitative estimate of drug-likeness (QED) is 0.287. The lowest BCUT2D eigenvalue weighted by molar-refractivity contribution is 0.102. The Morgan fingerprint density at radius 3 is 2.59 bits per heavy atom. The summed E-state index contributed by atoms with van der Waals surface area (Å²) in [5, 5.41) is 11.3. The van der Waals surface area contributed by atoms with Crippen LogP contribution in [-0.2, 0) is 0 Å². The third-order valence-corrected chi connectivity index (χ3v) is 6.36. The minimum atomic E-state index is -0.209. The zero-order chi connectivity index (χ0) is 26.2. The van der Waals surface area contributed by atoms with Crippen molar-refractivity contribution in [1.29, 1.82) is 0 Å². The second-order valence-electron chi connectivity index (χ2n) is 8.85. The summed E-state index contributed by atoms with van der Waals surface area (Å²) in [4.78, 5) is 38.4. The Labute approximate surface area is 221 Å². The van der Waals surface area contributed by atoms with E-state index in [1.165, 1.54) is 0 Å². The van der Waals surface area contributed by atoms with Crippen LogP contribution < -0.4 is 5.32 Å². The van der Waals surface area contributed by atoms with Gasteiger partial charge in [0.15, 0.2) is 11.5 Å². The fourth-order valence-electron chi connectivity index (χ4n) is 4.47. The SMILES string of the molecule is O=C(Nc1cncc(-c2cc3c(-c4nc5c(-c6cccnc6)ccnc5[nH]4)n[nH]c3cn2)c1)c1ccccc1. The highest BCUT2D eigenvalue weighted by atomic mass is 16.1. The van der Waals surface area contributed by atoms with Gasteiger partial charge in [-0.3, -0.25) is 24.8 Å². The molecule has 1 amide bonds. The highest BCUT2D eigenvalue weighted by molar-refractivity contribution is 6.04. The maximum Gasteiger partial charge on any atom is 0.255 e. The number of aromatic amines is 2. The number of aromatic nitrogens is 8. The van der Waals surface area contributed by atoms with Crippen molar-refractivity contribution in [3.8, 4) is 33.9 Å². The molecule has 0 atom stereocenters. The zero-order valence-corrected chi connectivity index (χ0v) is 20.3. The van der Waals surface area contributed by atoms with Gasteiger partial charge in [0, 0.05) is 52.4 Å². The molecule has 7 aromatic rings. The number of carbonyl (C=O) groups excluding carboxylic acids is 1. The smallest absolute Gasteiger partial charge is 0.255 e. The van der Waals surface area contributed by atoms with E-state index in [9.17, 15) is 4.79 Å². The van der Waals surface area contributed by atoms with E-state index in [1.807, 2.05) is 48.5 Å². The number of anilines is 1. The number of fused-ring (bicyclic) bond motifs is 2.